The van der Waals surface area contributed by atoms with Crippen LogP contribution in [0.25, 0.3) is 55.0 Å². The molecule has 2 heterocycles. The summed E-state index contributed by atoms with van der Waals surface area (Å²) in [6.07, 6.45) is 3.65. The molecule has 0 aliphatic rings. The Kier molecular flexibility index (Phi) is 5.79. The topological polar surface area (TPSA) is 29.3 Å². The molecule has 42 heavy (non-hydrogen) atoms. The fourth-order valence-electron chi connectivity index (χ4n) is 5.91. The van der Waals surface area contributed by atoms with Gasteiger partial charge in [0.1, 0.15) is 11.2 Å². The minimum absolute atomic E-state index is 0.841. The van der Waals surface area contributed by atoms with Gasteiger partial charge in [-0.05, 0) is 81.6 Å². The van der Waals surface area contributed by atoms with E-state index in [9.17, 15) is 0 Å². The second kappa shape index (κ2) is 10.1. The van der Waals surface area contributed by atoms with E-state index in [1.165, 1.54) is 33.0 Å². The highest BCUT2D eigenvalue weighted by Gasteiger charge is 2.18. The molecule has 6 aromatic carbocycles. The van der Waals surface area contributed by atoms with Crippen LogP contribution in [0.15, 0.2) is 162 Å². The second-order valence-electron chi connectivity index (χ2n) is 10.5. The maximum absolute atomic E-state index is 6.14. The smallest absolute Gasteiger partial charge is 0.138 e. The first-order chi connectivity index (χ1) is 20.8. The largest absolute Gasteiger partial charge is 0.456 e. The van der Waals surface area contributed by atoms with Gasteiger partial charge in [-0.15, -0.1) is 0 Å². The van der Waals surface area contributed by atoms with E-state index < -0.39 is 0 Å². The van der Waals surface area contributed by atoms with Crippen LogP contribution in [-0.4, -0.2) is 4.98 Å². The highest BCUT2D eigenvalue weighted by atomic mass is 16.3. The van der Waals surface area contributed by atoms with Gasteiger partial charge >= 0.3 is 0 Å². The van der Waals surface area contributed by atoms with Gasteiger partial charge in [-0.3, -0.25) is 4.98 Å². The van der Waals surface area contributed by atoms with E-state index in [4.69, 9.17) is 4.42 Å². The molecule has 0 unspecified atom stereocenters. The number of rotatable bonds is 5. The first-order valence-corrected chi connectivity index (χ1v) is 14.1. The van der Waals surface area contributed by atoms with Crippen LogP contribution in [0.5, 0.6) is 0 Å². The van der Waals surface area contributed by atoms with Crippen molar-refractivity contribution < 1.29 is 4.42 Å². The first-order valence-electron chi connectivity index (χ1n) is 14.1. The van der Waals surface area contributed by atoms with Gasteiger partial charge in [0, 0.05) is 40.2 Å². The third kappa shape index (κ3) is 4.20. The van der Waals surface area contributed by atoms with E-state index in [1.807, 2.05) is 12.3 Å². The van der Waals surface area contributed by atoms with E-state index >= 15 is 0 Å². The second-order valence-corrected chi connectivity index (χ2v) is 10.5. The summed E-state index contributed by atoms with van der Waals surface area (Å²) in [5.74, 6) is 0. The Morgan fingerprint density at radius 3 is 1.93 bits per heavy atom. The fourth-order valence-corrected chi connectivity index (χ4v) is 5.91. The number of furan rings is 1. The Hall–Kier alpha value is -5.67. The predicted molar refractivity (Wildman–Crippen MR) is 175 cm³/mol. The van der Waals surface area contributed by atoms with Crippen LogP contribution in [0.3, 0.4) is 0 Å². The third-order valence-electron chi connectivity index (χ3n) is 7.93. The predicted octanol–water partition coefficient (Wildman–Crippen LogP) is 10.9. The maximum atomic E-state index is 6.14. The fraction of sp³-hybridized carbons (Fsp3) is 0. The van der Waals surface area contributed by atoms with Crippen LogP contribution in [0.2, 0.25) is 0 Å². The van der Waals surface area contributed by atoms with Crippen molar-refractivity contribution in [1.29, 1.82) is 0 Å². The van der Waals surface area contributed by atoms with Gasteiger partial charge < -0.3 is 9.32 Å². The molecule has 0 atom stereocenters. The van der Waals surface area contributed by atoms with Gasteiger partial charge in [0.05, 0.1) is 0 Å². The van der Waals surface area contributed by atoms with E-state index in [0.717, 1.165) is 39.0 Å². The average molecular weight is 539 g/mol. The van der Waals surface area contributed by atoms with Crippen molar-refractivity contribution in [3.63, 3.8) is 0 Å². The number of anilines is 3. The molecular formula is C39H26N2O. The molecule has 0 saturated heterocycles. The molecule has 0 aliphatic carbocycles. The van der Waals surface area contributed by atoms with E-state index in [2.05, 4.69) is 149 Å². The lowest BCUT2D eigenvalue weighted by atomic mass is 9.96. The Balaban J connectivity index is 1.36. The minimum atomic E-state index is 0.841. The van der Waals surface area contributed by atoms with Crippen molar-refractivity contribution in [2.24, 2.45) is 0 Å². The summed E-state index contributed by atoms with van der Waals surface area (Å²) in [5.41, 5.74) is 9.69. The summed E-state index contributed by atoms with van der Waals surface area (Å²) in [4.78, 5) is 6.71. The zero-order chi connectivity index (χ0) is 27.9. The molecule has 0 amide bonds. The molecule has 0 N–H and O–H groups in total. The molecule has 3 nitrogen and oxygen atoms in total. The van der Waals surface area contributed by atoms with Crippen molar-refractivity contribution in [2.75, 3.05) is 4.90 Å². The van der Waals surface area contributed by atoms with Gasteiger partial charge in [0.25, 0.3) is 0 Å². The van der Waals surface area contributed by atoms with Crippen LogP contribution >= 0.6 is 0 Å². The SMILES string of the molecule is c1ccc(-c2ccc(N(c3cc(-c4ccccc4)c4ccccc4c3)c3ccc4oc5ccncc5c4c3)cc2)cc1. The number of nitrogens with zero attached hydrogens (tertiary/aromatic N) is 2. The standard InChI is InChI=1S/C39H26N2O/c1-3-9-27(10-4-1)28-15-17-31(18-16-28)41(32-19-20-38-36(24-32)37-26-40-22-21-39(37)42-38)33-23-30-13-7-8-14-34(30)35(25-33)29-11-5-2-6-12-29/h1-26H. The van der Waals surface area contributed by atoms with Crippen LogP contribution in [0.1, 0.15) is 0 Å². The Morgan fingerprint density at radius 1 is 0.452 bits per heavy atom. The summed E-state index contributed by atoms with van der Waals surface area (Å²) in [7, 11) is 0. The number of aromatic nitrogens is 1. The molecule has 8 rings (SSSR count). The zero-order valence-electron chi connectivity index (χ0n) is 22.8. The number of hydrogen-bond acceptors (Lipinski definition) is 3. The molecule has 3 heteroatoms. The summed E-state index contributed by atoms with van der Waals surface area (Å²) in [5, 5.41) is 4.48. The number of benzene rings is 6. The van der Waals surface area contributed by atoms with Crippen LogP contribution in [-0.2, 0) is 0 Å². The molecule has 0 fully saturated rings. The van der Waals surface area contributed by atoms with Gasteiger partial charge in [-0.2, -0.15) is 0 Å². The lowest BCUT2D eigenvalue weighted by Gasteiger charge is -2.27. The van der Waals surface area contributed by atoms with Gasteiger partial charge in [-0.25, -0.2) is 0 Å². The highest BCUT2D eigenvalue weighted by Crippen LogP contribution is 2.42. The summed E-state index contributed by atoms with van der Waals surface area (Å²) < 4.78 is 6.14. The number of fused-ring (bicyclic) bond motifs is 4. The number of hydrogen-bond donors (Lipinski definition) is 0. The maximum Gasteiger partial charge on any atom is 0.138 e. The Bertz CT molecular complexity index is 2180. The lowest BCUT2D eigenvalue weighted by molar-refractivity contribution is 0.668. The highest BCUT2D eigenvalue weighted by molar-refractivity contribution is 6.07. The first kappa shape index (κ1) is 24.2. The van der Waals surface area contributed by atoms with Crippen LogP contribution < -0.4 is 4.90 Å². The van der Waals surface area contributed by atoms with Crippen molar-refractivity contribution in [3.05, 3.63) is 158 Å². The quantitative estimate of drug-likeness (QED) is 0.218. The van der Waals surface area contributed by atoms with E-state index in [-0.39, 0.29) is 0 Å². The third-order valence-corrected chi connectivity index (χ3v) is 7.93. The van der Waals surface area contributed by atoms with Crippen molar-refractivity contribution in [3.8, 4) is 22.3 Å². The summed E-state index contributed by atoms with van der Waals surface area (Å²) >= 11 is 0. The van der Waals surface area contributed by atoms with Gasteiger partial charge in [-0.1, -0.05) is 97.1 Å². The normalized spacial score (nSPS) is 11.3. The van der Waals surface area contributed by atoms with E-state index in [0.29, 0.717) is 0 Å². The minimum Gasteiger partial charge on any atom is -0.456 e. The molecule has 0 spiro atoms. The van der Waals surface area contributed by atoms with Crippen molar-refractivity contribution in [2.45, 2.75) is 0 Å². The molecule has 0 radical (unpaired) electrons. The van der Waals surface area contributed by atoms with Crippen molar-refractivity contribution in [1.82, 2.24) is 4.98 Å². The lowest BCUT2D eigenvalue weighted by Crippen LogP contribution is -2.10. The molecular weight excluding hydrogens is 512 g/mol. The molecule has 8 aromatic rings. The summed E-state index contributed by atoms with van der Waals surface area (Å²) in [6, 6.07) is 51.5. The number of pyridine rings is 1. The van der Waals surface area contributed by atoms with Crippen molar-refractivity contribution >= 4 is 49.8 Å². The summed E-state index contributed by atoms with van der Waals surface area (Å²) in [6.45, 7) is 0. The van der Waals surface area contributed by atoms with Gasteiger partial charge in [0.15, 0.2) is 0 Å². The molecule has 2 aromatic heterocycles. The average Bonchev–Trinajstić information content (AvgIpc) is 3.44. The van der Waals surface area contributed by atoms with Crippen LogP contribution in [0.4, 0.5) is 17.1 Å². The Labute approximate surface area is 243 Å². The zero-order valence-corrected chi connectivity index (χ0v) is 22.8. The monoisotopic (exact) mass is 538 g/mol. The molecule has 0 saturated carbocycles. The Morgan fingerprint density at radius 2 is 1.12 bits per heavy atom. The molecule has 0 bridgehead atoms. The molecule has 0 aliphatic heterocycles. The van der Waals surface area contributed by atoms with Gasteiger partial charge in [0.2, 0.25) is 0 Å². The van der Waals surface area contributed by atoms with Crippen LogP contribution in [0, 0.1) is 0 Å². The molecule has 198 valence electrons. The van der Waals surface area contributed by atoms with E-state index in [1.54, 1.807) is 6.20 Å².